The molecule has 118 valence electrons. The van der Waals surface area contributed by atoms with Crippen LogP contribution in [0.3, 0.4) is 0 Å². The van der Waals surface area contributed by atoms with Crippen LogP contribution in [0.4, 0.5) is 5.82 Å². The fourth-order valence-corrected chi connectivity index (χ4v) is 3.06. The average molecular weight is 310 g/mol. The average Bonchev–Trinajstić information content (AvgIpc) is 2.55. The lowest BCUT2D eigenvalue weighted by Gasteiger charge is -2.28. The predicted molar refractivity (Wildman–Crippen MR) is 87.0 cm³/mol. The van der Waals surface area contributed by atoms with Crippen LogP contribution in [-0.2, 0) is 0 Å². The molecule has 0 atom stereocenters. The van der Waals surface area contributed by atoms with Crippen molar-refractivity contribution in [3.63, 3.8) is 0 Å². The van der Waals surface area contributed by atoms with Crippen molar-refractivity contribution >= 4 is 17.2 Å². The topological polar surface area (TPSA) is 78.5 Å². The van der Waals surface area contributed by atoms with E-state index in [-0.39, 0.29) is 11.3 Å². The van der Waals surface area contributed by atoms with Crippen molar-refractivity contribution in [3.8, 4) is 6.07 Å². The van der Waals surface area contributed by atoms with Gasteiger partial charge in [0.15, 0.2) is 22.8 Å². The van der Waals surface area contributed by atoms with E-state index in [1.807, 2.05) is 17.9 Å². The smallest absolute Gasteiger partial charge is 0.278 e. The number of aromatic nitrogens is 2. The van der Waals surface area contributed by atoms with Crippen molar-refractivity contribution in [2.45, 2.75) is 33.1 Å². The Morgan fingerprint density at radius 3 is 2.61 bits per heavy atom. The van der Waals surface area contributed by atoms with E-state index < -0.39 is 5.56 Å². The van der Waals surface area contributed by atoms with Gasteiger partial charge in [0.05, 0.1) is 5.56 Å². The maximum atomic E-state index is 12.7. The van der Waals surface area contributed by atoms with E-state index in [9.17, 15) is 14.9 Å². The van der Waals surface area contributed by atoms with Gasteiger partial charge >= 0.3 is 0 Å². The minimum Gasteiger partial charge on any atom is -0.355 e. The molecule has 6 heteroatoms. The first-order valence-corrected chi connectivity index (χ1v) is 7.76. The van der Waals surface area contributed by atoms with Gasteiger partial charge in [0.1, 0.15) is 6.07 Å². The van der Waals surface area contributed by atoms with Crippen molar-refractivity contribution in [1.29, 1.82) is 5.26 Å². The summed E-state index contributed by atoms with van der Waals surface area (Å²) in [5, 5.41) is 9.44. The molecule has 0 aromatic carbocycles. The maximum absolute atomic E-state index is 12.7. The van der Waals surface area contributed by atoms with E-state index in [1.54, 1.807) is 12.3 Å². The summed E-state index contributed by atoms with van der Waals surface area (Å²) in [6.07, 6.45) is 4.79. The molecule has 3 rings (SSSR count). The number of anilines is 1. The van der Waals surface area contributed by atoms with E-state index in [2.05, 4.69) is 4.98 Å². The van der Waals surface area contributed by atoms with Crippen molar-refractivity contribution in [3.05, 3.63) is 39.3 Å². The van der Waals surface area contributed by atoms with E-state index in [0.29, 0.717) is 17.0 Å². The Hall–Kier alpha value is -2.68. The summed E-state index contributed by atoms with van der Waals surface area (Å²) in [6.45, 7) is 4.82. The summed E-state index contributed by atoms with van der Waals surface area (Å²) in [5.74, 6) is 0.260. The van der Waals surface area contributed by atoms with Crippen LogP contribution < -0.4 is 10.5 Å². The van der Waals surface area contributed by atoms with Gasteiger partial charge in [-0.1, -0.05) is 0 Å². The Kier molecular flexibility index (Phi) is 3.87. The largest absolute Gasteiger partial charge is 0.355 e. The molecule has 0 aliphatic carbocycles. The Labute approximate surface area is 134 Å². The highest BCUT2D eigenvalue weighted by Crippen LogP contribution is 2.22. The van der Waals surface area contributed by atoms with Gasteiger partial charge in [0.25, 0.3) is 5.56 Å². The summed E-state index contributed by atoms with van der Waals surface area (Å²) in [4.78, 5) is 31.2. The second-order valence-electron chi connectivity index (χ2n) is 5.96. The van der Waals surface area contributed by atoms with Gasteiger partial charge in [-0.25, -0.2) is 4.98 Å². The van der Waals surface area contributed by atoms with Crippen molar-refractivity contribution in [2.24, 2.45) is 0 Å². The number of pyridine rings is 1. The van der Waals surface area contributed by atoms with Crippen molar-refractivity contribution < 1.29 is 4.79 Å². The lowest BCUT2D eigenvalue weighted by molar-refractivity contribution is 0.101. The zero-order chi connectivity index (χ0) is 16.6. The number of ketones is 1. The summed E-state index contributed by atoms with van der Waals surface area (Å²) < 4.78 is 1.32. The molecule has 0 unspecified atom stereocenters. The number of piperidine rings is 1. The minimum atomic E-state index is -0.413. The molecular weight excluding hydrogens is 292 g/mol. The van der Waals surface area contributed by atoms with E-state index in [0.717, 1.165) is 37.9 Å². The van der Waals surface area contributed by atoms with Gasteiger partial charge in [0.2, 0.25) is 0 Å². The van der Waals surface area contributed by atoms with E-state index >= 15 is 0 Å². The Balaban J connectivity index is 2.35. The van der Waals surface area contributed by atoms with Crippen LogP contribution in [0.1, 0.15) is 47.7 Å². The first kappa shape index (κ1) is 15.2. The van der Waals surface area contributed by atoms with Crippen LogP contribution >= 0.6 is 0 Å². The number of rotatable bonds is 2. The molecule has 0 saturated carbocycles. The molecule has 0 N–H and O–H groups in total. The highest BCUT2D eigenvalue weighted by Gasteiger charge is 2.22. The molecular formula is C17H18N4O2. The molecule has 0 spiro atoms. The number of carbonyl (C=O) groups excluding carboxylic acids is 1. The van der Waals surface area contributed by atoms with Crippen molar-refractivity contribution in [1.82, 2.24) is 9.38 Å². The monoisotopic (exact) mass is 310 g/mol. The van der Waals surface area contributed by atoms with Crippen LogP contribution in [-0.4, -0.2) is 28.3 Å². The zero-order valence-corrected chi connectivity index (χ0v) is 13.3. The molecule has 0 amide bonds. The third-order valence-corrected chi connectivity index (χ3v) is 4.19. The molecule has 0 radical (unpaired) electrons. The van der Waals surface area contributed by atoms with Gasteiger partial charge in [-0.15, -0.1) is 0 Å². The molecule has 6 nitrogen and oxygen atoms in total. The Bertz CT molecular complexity index is 886. The summed E-state index contributed by atoms with van der Waals surface area (Å²) in [5.41, 5.74) is 1.15. The number of aryl methyl sites for hydroxylation is 1. The summed E-state index contributed by atoms with van der Waals surface area (Å²) >= 11 is 0. The minimum absolute atomic E-state index is 0.0458. The predicted octanol–water partition coefficient (Wildman–Crippen LogP) is 2.07. The summed E-state index contributed by atoms with van der Waals surface area (Å²) in [7, 11) is 0. The highest BCUT2D eigenvalue weighted by molar-refractivity contribution is 6.00. The third kappa shape index (κ3) is 2.59. The van der Waals surface area contributed by atoms with Crippen LogP contribution in [0.5, 0.6) is 0 Å². The maximum Gasteiger partial charge on any atom is 0.278 e. The standard InChI is InChI=1S/C17H18N4O2/c1-11-8-13(12(2)22)16-19-15(20-6-4-3-5-7-20)14(9-18)17(23)21(16)10-11/h8,10H,3-7H2,1-2H3. The fourth-order valence-electron chi connectivity index (χ4n) is 3.06. The quantitative estimate of drug-likeness (QED) is 0.793. The van der Waals surface area contributed by atoms with E-state index in [1.165, 1.54) is 11.3 Å². The number of hydrogen-bond donors (Lipinski definition) is 0. The number of nitrogens with zero attached hydrogens (tertiary/aromatic N) is 4. The highest BCUT2D eigenvalue weighted by atomic mass is 16.1. The van der Waals surface area contributed by atoms with Gasteiger partial charge in [0, 0.05) is 19.3 Å². The van der Waals surface area contributed by atoms with Crippen LogP contribution in [0.25, 0.3) is 5.65 Å². The molecule has 3 heterocycles. The van der Waals surface area contributed by atoms with Crippen LogP contribution in [0.15, 0.2) is 17.1 Å². The molecule has 1 aliphatic rings. The molecule has 1 aliphatic heterocycles. The van der Waals surface area contributed by atoms with Gasteiger partial charge in [-0.3, -0.25) is 14.0 Å². The Morgan fingerprint density at radius 1 is 1.30 bits per heavy atom. The first-order chi connectivity index (χ1) is 11.0. The SMILES string of the molecule is CC(=O)c1cc(C)cn2c(=O)c(C#N)c(N3CCCCC3)nc12. The zero-order valence-electron chi connectivity index (χ0n) is 13.3. The fraction of sp³-hybridized carbons (Fsp3) is 0.412. The van der Waals surface area contributed by atoms with Gasteiger partial charge in [-0.05, 0) is 44.7 Å². The molecule has 1 saturated heterocycles. The van der Waals surface area contributed by atoms with Gasteiger partial charge < -0.3 is 4.90 Å². The molecule has 0 bridgehead atoms. The van der Waals surface area contributed by atoms with Crippen LogP contribution in [0.2, 0.25) is 0 Å². The lowest BCUT2D eigenvalue weighted by atomic mass is 10.1. The number of Topliss-reactive ketones (excluding diaryl/α,β-unsaturated/α-hetero) is 1. The molecule has 2 aromatic rings. The number of hydrogen-bond acceptors (Lipinski definition) is 5. The Morgan fingerprint density at radius 2 is 2.00 bits per heavy atom. The normalized spacial score (nSPS) is 14.7. The second-order valence-corrected chi connectivity index (χ2v) is 5.96. The third-order valence-electron chi connectivity index (χ3n) is 4.19. The van der Waals surface area contributed by atoms with Crippen LogP contribution in [0, 0.1) is 18.3 Å². The van der Waals surface area contributed by atoms with Gasteiger partial charge in [-0.2, -0.15) is 5.26 Å². The summed E-state index contributed by atoms with van der Waals surface area (Å²) in [6, 6.07) is 3.73. The number of carbonyl (C=O) groups is 1. The molecule has 1 fully saturated rings. The second kappa shape index (κ2) is 5.84. The number of nitriles is 1. The van der Waals surface area contributed by atoms with E-state index in [4.69, 9.17) is 0 Å². The molecule has 2 aromatic heterocycles. The number of fused-ring (bicyclic) bond motifs is 1. The lowest BCUT2D eigenvalue weighted by Crippen LogP contribution is -2.34. The first-order valence-electron chi connectivity index (χ1n) is 7.76. The van der Waals surface area contributed by atoms with Crippen molar-refractivity contribution in [2.75, 3.05) is 18.0 Å². The molecule has 23 heavy (non-hydrogen) atoms.